The highest BCUT2D eigenvalue weighted by Crippen LogP contribution is 2.24. The molecule has 11 heavy (non-hydrogen) atoms. The summed E-state index contributed by atoms with van der Waals surface area (Å²) in [7, 11) is 0.899. The van der Waals surface area contributed by atoms with Crippen molar-refractivity contribution in [3.05, 3.63) is 0 Å². The van der Waals surface area contributed by atoms with Gasteiger partial charge in [0.15, 0.2) is 4.32 Å². The van der Waals surface area contributed by atoms with E-state index in [0.717, 1.165) is 11.8 Å². The van der Waals surface area contributed by atoms with Crippen LogP contribution in [0.25, 0.3) is 0 Å². The number of thiocarbonyl (C=S) groups is 1. The van der Waals surface area contributed by atoms with Gasteiger partial charge in [-0.2, -0.15) is 12.7 Å². The topological polar surface area (TPSA) is 54.5 Å². The van der Waals surface area contributed by atoms with Crippen molar-refractivity contribution in [3.8, 4) is 0 Å². The molecule has 0 aliphatic carbocycles. The quantitative estimate of drug-likeness (QED) is 0.481. The van der Waals surface area contributed by atoms with Gasteiger partial charge in [0.1, 0.15) is 0 Å². The van der Waals surface area contributed by atoms with E-state index in [9.17, 15) is 13.2 Å². The van der Waals surface area contributed by atoms with Gasteiger partial charge < -0.3 is 0 Å². The SMILES string of the molecule is O=C1CSC(=S)N1S(=O)(=O)Cl. The molecule has 0 saturated carbocycles. The normalized spacial score (nSPS) is 19.5. The molecule has 0 unspecified atom stereocenters. The molecule has 1 aliphatic heterocycles. The van der Waals surface area contributed by atoms with Crippen molar-refractivity contribution >= 4 is 54.1 Å². The maximum atomic E-state index is 10.8. The van der Waals surface area contributed by atoms with E-state index in [-0.39, 0.29) is 10.1 Å². The molecule has 1 rings (SSSR count). The zero-order valence-corrected chi connectivity index (χ0v) is 8.19. The monoisotopic (exact) mass is 231 g/mol. The number of thioether (sulfide) groups is 1. The fraction of sp³-hybridized carbons (Fsp3) is 0.333. The van der Waals surface area contributed by atoms with E-state index in [1.165, 1.54) is 0 Å². The van der Waals surface area contributed by atoms with E-state index in [0.29, 0.717) is 4.31 Å². The fourth-order valence-corrected chi connectivity index (χ4v) is 3.42. The first-order chi connectivity index (χ1) is 4.93. The fourth-order valence-electron chi connectivity index (χ4n) is 0.553. The summed E-state index contributed by atoms with van der Waals surface area (Å²) in [4.78, 5) is 10.8. The molecule has 62 valence electrons. The highest BCUT2D eigenvalue weighted by Gasteiger charge is 2.35. The Morgan fingerprint density at radius 3 is 2.36 bits per heavy atom. The second kappa shape index (κ2) is 2.89. The van der Waals surface area contributed by atoms with Crippen LogP contribution in [0.4, 0.5) is 0 Å². The van der Waals surface area contributed by atoms with Gasteiger partial charge in [-0.3, -0.25) is 4.79 Å². The zero-order valence-electron chi connectivity index (χ0n) is 4.98. The van der Waals surface area contributed by atoms with Crippen molar-refractivity contribution in [2.75, 3.05) is 5.75 Å². The van der Waals surface area contributed by atoms with E-state index in [2.05, 4.69) is 12.2 Å². The molecule has 0 aromatic carbocycles. The summed E-state index contributed by atoms with van der Waals surface area (Å²) < 4.78 is 21.7. The number of carbonyl (C=O) groups excluding carboxylic acids is 1. The minimum Gasteiger partial charge on any atom is -0.272 e. The van der Waals surface area contributed by atoms with Gasteiger partial charge in [0, 0.05) is 10.7 Å². The first kappa shape index (κ1) is 9.24. The van der Waals surface area contributed by atoms with Gasteiger partial charge in [-0.25, -0.2) is 0 Å². The second-order valence-corrected chi connectivity index (χ2v) is 5.62. The first-order valence-corrected chi connectivity index (χ1v) is 6.03. The van der Waals surface area contributed by atoms with Gasteiger partial charge in [0.25, 0.3) is 5.91 Å². The summed E-state index contributed by atoms with van der Waals surface area (Å²) >= 11 is 5.55. The zero-order chi connectivity index (χ0) is 8.65. The number of rotatable bonds is 1. The largest absolute Gasteiger partial charge is 0.329 e. The third-order valence-electron chi connectivity index (χ3n) is 0.930. The van der Waals surface area contributed by atoms with Gasteiger partial charge >= 0.3 is 9.24 Å². The van der Waals surface area contributed by atoms with Crippen LogP contribution in [0.1, 0.15) is 0 Å². The number of hydrogen-bond donors (Lipinski definition) is 0. The Bertz CT molecular complexity index is 294. The highest BCUT2D eigenvalue weighted by atomic mass is 35.7. The summed E-state index contributed by atoms with van der Waals surface area (Å²) in [5.74, 6) is -0.542. The lowest BCUT2D eigenvalue weighted by atomic mass is 10.7. The number of halogens is 1. The predicted octanol–water partition coefficient (Wildman–Crippen LogP) is 0.330. The Labute approximate surface area is 77.4 Å². The maximum Gasteiger partial charge on any atom is 0.329 e. The molecule has 0 radical (unpaired) electrons. The third kappa shape index (κ3) is 1.84. The number of carbonyl (C=O) groups is 1. The molecule has 1 aliphatic rings. The summed E-state index contributed by atoms with van der Waals surface area (Å²) in [5, 5.41) is 0. The van der Waals surface area contributed by atoms with Crippen LogP contribution in [-0.2, 0) is 14.0 Å². The maximum absolute atomic E-state index is 10.8. The van der Waals surface area contributed by atoms with Gasteiger partial charge in [-0.1, -0.05) is 24.0 Å². The van der Waals surface area contributed by atoms with E-state index in [4.69, 9.17) is 10.7 Å². The molecule has 0 aromatic rings. The Morgan fingerprint density at radius 1 is 1.64 bits per heavy atom. The second-order valence-electron chi connectivity index (χ2n) is 1.65. The molecular weight excluding hydrogens is 230 g/mol. The Kier molecular flexibility index (Phi) is 2.43. The van der Waals surface area contributed by atoms with Crippen molar-refractivity contribution in [1.82, 2.24) is 4.31 Å². The van der Waals surface area contributed by atoms with Crippen LogP contribution in [0, 0.1) is 0 Å². The Morgan fingerprint density at radius 2 is 2.18 bits per heavy atom. The predicted molar refractivity (Wildman–Crippen MR) is 46.7 cm³/mol. The summed E-state index contributed by atoms with van der Waals surface area (Å²) in [6.07, 6.45) is 0. The van der Waals surface area contributed by atoms with E-state index in [1.54, 1.807) is 0 Å². The number of nitrogens with zero attached hydrogens (tertiary/aromatic N) is 1. The molecule has 0 N–H and O–H groups in total. The molecule has 1 heterocycles. The lowest BCUT2D eigenvalue weighted by Crippen LogP contribution is -2.31. The lowest BCUT2D eigenvalue weighted by molar-refractivity contribution is -0.120. The van der Waals surface area contributed by atoms with Crippen LogP contribution >= 0.6 is 34.7 Å². The molecule has 8 heteroatoms. The first-order valence-electron chi connectivity index (χ1n) is 2.37. The van der Waals surface area contributed by atoms with Crippen molar-refractivity contribution in [2.24, 2.45) is 0 Å². The minimum atomic E-state index is -4.01. The van der Waals surface area contributed by atoms with Crippen LogP contribution < -0.4 is 0 Å². The van der Waals surface area contributed by atoms with Crippen LogP contribution in [0.2, 0.25) is 0 Å². The van der Waals surface area contributed by atoms with Crippen LogP contribution in [0.15, 0.2) is 0 Å². The minimum absolute atomic E-state index is 0.00926. The summed E-state index contributed by atoms with van der Waals surface area (Å²) in [6.45, 7) is 0. The molecule has 0 bridgehead atoms. The summed E-state index contributed by atoms with van der Waals surface area (Å²) in [5.41, 5.74) is 0. The van der Waals surface area contributed by atoms with E-state index >= 15 is 0 Å². The van der Waals surface area contributed by atoms with Gasteiger partial charge in [0.05, 0.1) is 5.75 Å². The molecule has 0 atom stereocenters. The van der Waals surface area contributed by atoms with E-state index in [1.807, 2.05) is 0 Å². The number of amides is 1. The molecule has 0 spiro atoms. The third-order valence-corrected chi connectivity index (χ3v) is 3.75. The average molecular weight is 232 g/mol. The van der Waals surface area contributed by atoms with Crippen molar-refractivity contribution < 1.29 is 13.2 Å². The molecule has 1 amide bonds. The van der Waals surface area contributed by atoms with Gasteiger partial charge in [0.2, 0.25) is 0 Å². The Hall–Kier alpha value is 0.150. The smallest absolute Gasteiger partial charge is 0.272 e. The highest BCUT2D eigenvalue weighted by molar-refractivity contribution is 8.26. The van der Waals surface area contributed by atoms with Crippen molar-refractivity contribution in [1.29, 1.82) is 0 Å². The Balaban J connectivity index is 3.05. The van der Waals surface area contributed by atoms with Crippen molar-refractivity contribution in [3.63, 3.8) is 0 Å². The van der Waals surface area contributed by atoms with Gasteiger partial charge in [-0.05, 0) is 0 Å². The molecule has 4 nitrogen and oxygen atoms in total. The van der Waals surface area contributed by atoms with Crippen molar-refractivity contribution in [2.45, 2.75) is 0 Å². The summed E-state index contributed by atoms with van der Waals surface area (Å²) in [6, 6.07) is 0. The van der Waals surface area contributed by atoms with Crippen LogP contribution in [0.3, 0.4) is 0 Å². The molecule has 1 fully saturated rings. The molecule has 0 aromatic heterocycles. The van der Waals surface area contributed by atoms with Crippen LogP contribution in [-0.4, -0.2) is 28.7 Å². The average Bonchev–Trinajstić information content (AvgIpc) is 2.08. The molecular formula is C3H2ClNO3S3. The standard InChI is InChI=1S/C3H2ClNO3S3/c4-11(7,8)5-2(6)1-10-3(5)9/h1H2. The number of hydrogen-bond acceptors (Lipinski definition) is 5. The lowest BCUT2D eigenvalue weighted by Gasteiger charge is -2.07. The van der Waals surface area contributed by atoms with Gasteiger partial charge in [-0.15, -0.1) is 0 Å². The van der Waals surface area contributed by atoms with E-state index < -0.39 is 15.1 Å². The molecule has 1 saturated heterocycles. The van der Waals surface area contributed by atoms with Crippen LogP contribution in [0.5, 0.6) is 0 Å².